The molecule has 1 atom stereocenters. The molecule has 1 aliphatic rings. The van der Waals surface area contributed by atoms with Crippen molar-refractivity contribution >= 4 is 11.8 Å². The van der Waals surface area contributed by atoms with Crippen LogP contribution in [0.15, 0.2) is 30.3 Å². The largest absolute Gasteiger partial charge is 0.337 e. The fraction of sp³-hybridized carbons (Fsp3) is 0.500. The van der Waals surface area contributed by atoms with E-state index < -0.39 is 5.54 Å². The Kier molecular flexibility index (Phi) is 4.63. The van der Waals surface area contributed by atoms with Gasteiger partial charge in [0.05, 0.1) is 6.54 Å². The zero-order valence-electron chi connectivity index (χ0n) is 12.9. The highest BCUT2D eigenvalue weighted by molar-refractivity contribution is 5.98. The van der Waals surface area contributed by atoms with Crippen LogP contribution in [0.1, 0.15) is 18.9 Å². The van der Waals surface area contributed by atoms with E-state index in [-0.39, 0.29) is 18.4 Å². The molecule has 1 aromatic carbocycles. The van der Waals surface area contributed by atoms with Crippen LogP contribution in [0.2, 0.25) is 0 Å². The number of rotatable bonds is 5. The lowest BCUT2D eigenvalue weighted by Gasteiger charge is -2.40. The summed E-state index contributed by atoms with van der Waals surface area (Å²) in [7, 11) is 4.00. The van der Waals surface area contributed by atoms with Gasteiger partial charge < -0.3 is 15.1 Å². The summed E-state index contributed by atoms with van der Waals surface area (Å²) in [5.41, 5.74) is -0.144. The van der Waals surface area contributed by atoms with E-state index in [4.69, 9.17) is 0 Å². The molecule has 1 heterocycles. The van der Waals surface area contributed by atoms with Crippen molar-refractivity contribution in [1.29, 1.82) is 0 Å². The number of carbonyl (C=O) groups is 2. The summed E-state index contributed by atoms with van der Waals surface area (Å²) in [5, 5.41) is 2.85. The van der Waals surface area contributed by atoms with Crippen LogP contribution in [0.4, 0.5) is 0 Å². The fourth-order valence-electron chi connectivity index (χ4n) is 2.66. The van der Waals surface area contributed by atoms with Gasteiger partial charge in [-0.2, -0.15) is 0 Å². The Morgan fingerprint density at radius 3 is 2.52 bits per heavy atom. The lowest BCUT2D eigenvalue weighted by molar-refractivity contribution is -0.149. The minimum absolute atomic E-state index is 0.0351. The highest BCUT2D eigenvalue weighted by Gasteiger charge is 2.43. The van der Waals surface area contributed by atoms with E-state index in [1.54, 1.807) is 11.8 Å². The second-order valence-electron chi connectivity index (χ2n) is 5.92. The molecule has 2 amide bonds. The summed E-state index contributed by atoms with van der Waals surface area (Å²) in [5.74, 6) is -0.141. The van der Waals surface area contributed by atoms with E-state index in [2.05, 4.69) is 10.2 Å². The first kappa shape index (κ1) is 15.5. The molecule has 0 saturated carbocycles. The summed E-state index contributed by atoms with van der Waals surface area (Å²) in [4.78, 5) is 28.5. The average Bonchev–Trinajstić information content (AvgIpc) is 2.44. The SMILES string of the molecule is CN(C)CCCN1CC(=O)NC(C)(c2ccccc2)C1=O. The topological polar surface area (TPSA) is 52.6 Å². The number of nitrogens with zero attached hydrogens (tertiary/aromatic N) is 2. The summed E-state index contributed by atoms with van der Waals surface area (Å²) in [6, 6.07) is 9.41. The molecule has 114 valence electrons. The number of amides is 2. The van der Waals surface area contributed by atoms with Crippen molar-refractivity contribution in [2.75, 3.05) is 33.7 Å². The Labute approximate surface area is 125 Å². The molecule has 5 heteroatoms. The third-order valence-electron chi connectivity index (χ3n) is 3.82. The standard InChI is InChI=1S/C16H23N3O2/c1-16(13-8-5-4-6-9-13)15(21)19(12-14(20)17-16)11-7-10-18(2)3/h4-6,8-9H,7,10-12H2,1-3H3,(H,17,20). The van der Waals surface area contributed by atoms with Gasteiger partial charge in [-0.25, -0.2) is 0 Å². The lowest BCUT2D eigenvalue weighted by atomic mass is 9.88. The minimum Gasteiger partial charge on any atom is -0.337 e. The lowest BCUT2D eigenvalue weighted by Crippen LogP contribution is -2.63. The first-order valence-electron chi connectivity index (χ1n) is 7.24. The molecule has 0 aromatic heterocycles. The number of hydrogen-bond donors (Lipinski definition) is 1. The van der Waals surface area contributed by atoms with Gasteiger partial charge in [0.15, 0.2) is 0 Å². The van der Waals surface area contributed by atoms with Gasteiger partial charge in [0.2, 0.25) is 5.91 Å². The predicted molar refractivity (Wildman–Crippen MR) is 81.7 cm³/mol. The maximum Gasteiger partial charge on any atom is 0.253 e. The van der Waals surface area contributed by atoms with Gasteiger partial charge in [0, 0.05) is 6.54 Å². The third-order valence-corrected chi connectivity index (χ3v) is 3.82. The smallest absolute Gasteiger partial charge is 0.253 e. The molecule has 0 spiro atoms. The second-order valence-corrected chi connectivity index (χ2v) is 5.92. The molecule has 0 bridgehead atoms. The normalized spacial score (nSPS) is 22.6. The van der Waals surface area contributed by atoms with Crippen LogP contribution >= 0.6 is 0 Å². The van der Waals surface area contributed by atoms with Gasteiger partial charge in [0.25, 0.3) is 5.91 Å². The molecule has 1 N–H and O–H groups in total. The minimum atomic E-state index is -0.964. The second kappa shape index (κ2) is 6.26. The van der Waals surface area contributed by atoms with Crippen molar-refractivity contribution in [2.24, 2.45) is 0 Å². The Hall–Kier alpha value is -1.88. The number of piperazine rings is 1. The molecule has 1 unspecified atom stereocenters. The zero-order chi connectivity index (χ0) is 15.5. The van der Waals surface area contributed by atoms with Gasteiger partial charge in [-0.15, -0.1) is 0 Å². The number of carbonyl (C=O) groups excluding carboxylic acids is 2. The van der Waals surface area contributed by atoms with E-state index in [0.717, 1.165) is 18.5 Å². The molecule has 1 aromatic rings. The highest BCUT2D eigenvalue weighted by atomic mass is 16.2. The van der Waals surface area contributed by atoms with E-state index in [1.807, 2.05) is 44.4 Å². The maximum absolute atomic E-state index is 12.8. The van der Waals surface area contributed by atoms with Gasteiger partial charge >= 0.3 is 0 Å². The molecule has 5 nitrogen and oxygen atoms in total. The molecular weight excluding hydrogens is 266 g/mol. The summed E-state index contributed by atoms with van der Waals surface area (Å²) >= 11 is 0. The number of hydrogen-bond acceptors (Lipinski definition) is 3. The predicted octanol–water partition coefficient (Wildman–Crippen LogP) is 0.812. The zero-order valence-corrected chi connectivity index (χ0v) is 12.9. The molecular formula is C16H23N3O2. The fourth-order valence-corrected chi connectivity index (χ4v) is 2.66. The van der Waals surface area contributed by atoms with Crippen LogP contribution in [0.3, 0.4) is 0 Å². The molecule has 0 aliphatic carbocycles. The maximum atomic E-state index is 12.8. The molecule has 2 rings (SSSR count). The van der Waals surface area contributed by atoms with Crippen LogP contribution in [0.5, 0.6) is 0 Å². The average molecular weight is 289 g/mol. The van der Waals surface area contributed by atoms with Crippen molar-refractivity contribution in [3.63, 3.8) is 0 Å². The monoisotopic (exact) mass is 289 g/mol. The first-order valence-corrected chi connectivity index (χ1v) is 7.24. The first-order chi connectivity index (χ1) is 9.93. The van der Waals surface area contributed by atoms with Crippen LogP contribution in [0, 0.1) is 0 Å². The Balaban J connectivity index is 2.16. The molecule has 0 radical (unpaired) electrons. The Morgan fingerprint density at radius 1 is 1.24 bits per heavy atom. The Morgan fingerprint density at radius 2 is 1.90 bits per heavy atom. The summed E-state index contributed by atoms with van der Waals surface area (Å²) in [6.45, 7) is 3.43. The molecule has 1 aliphatic heterocycles. The van der Waals surface area contributed by atoms with Crippen molar-refractivity contribution in [1.82, 2.24) is 15.1 Å². The van der Waals surface area contributed by atoms with Gasteiger partial charge in [-0.1, -0.05) is 30.3 Å². The van der Waals surface area contributed by atoms with E-state index in [1.165, 1.54) is 0 Å². The highest BCUT2D eigenvalue weighted by Crippen LogP contribution is 2.26. The van der Waals surface area contributed by atoms with E-state index in [0.29, 0.717) is 6.54 Å². The number of benzene rings is 1. The van der Waals surface area contributed by atoms with E-state index >= 15 is 0 Å². The van der Waals surface area contributed by atoms with E-state index in [9.17, 15) is 9.59 Å². The molecule has 21 heavy (non-hydrogen) atoms. The van der Waals surface area contributed by atoms with Gasteiger partial charge in [0.1, 0.15) is 5.54 Å². The van der Waals surface area contributed by atoms with Crippen molar-refractivity contribution in [3.05, 3.63) is 35.9 Å². The third kappa shape index (κ3) is 3.42. The van der Waals surface area contributed by atoms with Crippen LogP contribution < -0.4 is 5.32 Å². The van der Waals surface area contributed by atoms with Crippen LogP contribution in [-0.4, -0.2) is 55.3 Å². The van der Waals surface area contributed by atoms with Gasteiger partial charge in [-0.05, 0) is 39.5 Å². The quantitative estimate of drug-likeness (QED) is 0.873. The van der Waals surface area contributed by atoms with Gasteiger partial charge in [-0.3, -0.25) is 9.59 Å². The molecule has 1 saturated heterocycles. The van der Waals surface area contributed by atoms with Crippen LogP contribution in [-0.2, 0) is 15.1 Å². The van der Waals surface area contributed by atoms with Crippen LogP contribution in [0.25, 0.3) is 0 Å². The van der Waals surface area contributed by atoms with Crippen molar-refractivity contribution in [3.8, 4) is 0 Å². The van der Waals surface area contributed by atoms with Crippen molar-refractivity contribution in [2.45, 2.75) is 18.9 Å². The number of nitrogens with one attached hydrogen (secondary N) is 1. The summed E-state index contributed by atoms with van der Waals surface area (Å²) in [6.07, 6.45) is 0.858. The Bertz CT molecular complexity index is 516. The van der Waals surface area contributed by atoms with Crippen molar-refractivity contribution < 1.29 is 9.59 Å². The molecule has 1 fully saturated rings. The summed E-state index contributed by atoms with van der Waals surface area (Å²) < 4.78 is 0.